The summed E-state index contributed by atoms with van der Waals surface area (Å²) in [5.41, 5.74) is 0.486. The Labute approximate surface area is 173 Å². The summed E-state index contributed by atoms with van der Waals surface area (Å²) in [5, 5.41) is 10.4. The summed E-state index contributed by atoms with van der Waals surface area (Å²) < 4.78 is 43.2. The second-order valence-corrected chi connectivity index (χ2v) is 8.24. The zero-order chi connectivity index (χ0) is 21.4. The first-order valence-corrected chi connectivity index (χ1v) is 10.1. The first kappa shape index (κ1) is 20.9. The molecule has 2 aliphatic heterocycles. The molecule has 2 fully saturated rings. The molecule has 7 heteroatoms. The van der Waals surface area contributed by atoms with Gasteiger partial charge in [-0.3, -0.25) is 4.79 Å². The normalized spacial score (nSPS) is 19.4. The minimum atomic E-state index is -4.32. The van der Waals surface area contributed by atoms with Crippen LogP contribution in [0.15, 0.2) is 48.5 Å². The number of piperidine rings is 1. The van der Waals surface area contributed by atoms with E-state index < -0.39 is 17.3 Å². The predicted octanol–water partition coefficient (Wildman–Crippen LogP) is 4.02. The van der Waals surface area contributed by atoms with E-state index in [1.807, 2.05) is 4.90 Å². The molecule has 0 atom stereocenters. The summed E-state index contributed by atoms with van der Waals surface area (Å²) >= 11 is 0. The summed E-state index contributed by atoms with van der Waals surface area (Å²) in [6.07, 6.45) is -1.99. The molecule has 2 aliphatic rings. The monoisotopic (exact) mass is 419 g/mol. The third kappa shape index (κ3) is 4.37. The third-order valence-corrected chi connectivity index (χ3v) is 6.04. The Morgan fingerprint density at radius 2 is 1.77 bits per heavy atom. The van der Waals surface area contributed by atoms with E-state index in [2.05, 4.69) is 0 Å². The van der Waals surface area contributed by atoms with Crippen LogP contribution in [-0.2, 0) is 22.9 Å². The van der Waals surface area contributed by atoms with Crippen molar-refractivity contribution < 1.29 is 27.8 Å². The molecule has 160 valence electrons. The highest BCUT2D eigenvalue weighted by atomic mass is 19.4. The van der Waals surface area contributed by atoms with Gasteiger partial charge >= 0.3 is 6.18 Å². The Hall–Kier alpha value is -2.38. The molecule has 0 radical (unpaired) electrons. The van der Waals surface area contributed by atoms with Crippen LogP contribution in [0.2, 0.25) is 0 Å². The first-order chi connectivity index (χ1) is 14.2. The van der Waals surface area contributed by atoms with Crippen LogP contribution in [0.5, 0.6) is 0 Å². The quantitative estimate of drug-likeness (QED) is 0.815. The maximum atomic E-state index is 12.9. The SMILES string of the molecule is O=C(c1cccc(C2(O)COC2)c1)N1CCC(Cc2ccc(C(F)(F)F)cc2)CC1. The Balaban J connectivity index is 1.33. The number of likely N-dealkylation sites (tertiary alicyclic amines) is 1. The number of rotatable bonds is 4. The highest BCUT2D eigenvalue weighted by Gasteiger charge is 2.38. The van der Waals surface area contributed by atoms with Crippen LogP contribution in [0.1, 0.15) is 39.9 Å². The predicted molar refractivity (Wildman–Crippen MR) is 105 cm³/mol. The molecule has 1 N–H and O–H groups in total. The molecule has 0 aliphatic carbocycles. The minimum absolute atomic E-state index is 0.0614. The van der Waals surface area contributed by atoms with Crippen molar-refractivity contribution in [1.82, 2.24) is 4.90 Å². The number of ether oxygens (including phenoxy) is 1. The van der Waals surface area contributed by atoms with Gasteiger partial charge in [-0.25, -0.2) is 0 Å². The van der Waals surface area contributed by atoms with Gasteiger partial charge in [0.15, 0.2) is 0 Å². The zero-order valence-electron chi connectivity index (χ0n) is 16.5. The third-order valence-electron chi connectivity index (χ3n) is 6.04. The van der Waals surface area contributed by atoms with Gasteiger partial charge in [0.1, 0.15) is 5.60 Å². The van der Waals surface area contributed by atoms with Crippen molar-refractivity contribution in [2.24, 2.45) is 5.92 Å². The van der Waals surface area contributed by atoms with Gasteiger partial charge in [-0.2, -0.15) is 13.2 Å². The molecule has 0 unspecified atom stereocenters. The van der Waals surface area contributed by atoms with Gasteiger partial charge in [-0.1, -0.05) is 24.3 Å². The van der Waals surface area contributed by atoms with Gasteiger partial charge in [-0.05, 0) is 60.6 Å². The van der Waals surface area contributed by atoms with Crippen LogP contribution < -0.4 is 0 Å². The average Bonchev–Trinajstić information content (AvgIpc) is 2.72. The number of hydrogen-bond acceptors (Lipinski definition) is 3. The number of alkyl halides is 3. The van der Waals surface area contributed by atoms with Crippen LogP contribution in [0.3, 0.4) is 0 Å². The second-order valence-electron chi connectivity index (χ2n) is 8.24. The van der Waals surface area contributed by atoms with Gasteiger partial charge in [0.05, 0.1) is 18.8 Å². The molecule has 2 aromatic rings. The molecule has 0 saturated carbocycles. The molecule has 0 spiro atoms. The smallest absolute Gasteiger partial charge is 0.380 e. The lowest BCUT2D eigenvalue weighted by Gasteiger charge is -2.37. The fourth-order valence-corrected chi connectivity index (χ4v) is 4.09. The van der Waals surface area contributed by atoms with Crippen LogP contribution in [0.4, 0.5) is 13.2 Å². The van der Waals surface area contributed by atoms with Crippen molar-refractivity contribution in [3.63, 3.8) is 0 Å². The topological polar surface area (TPSA) is 49.8 Å². The van der Waals surface area contributed by atoms with Crippen molar-refractivity contribution in [2.45, 2.75) is 31.0 Å². The van der Waals surface area contributed by atoms with Crippen LogP contribution in [0.25, 0.3) is 0 Å². The maximum absolute atomic E-state index is 12.9. The maximum Gasteiger partial charge on any atom is 0.416 e. The molecule has 0 aromatic heterocycles. The van der Waals surface area contributed by atoms with Gasteiger partial charge in [-0.15, -0.1) is 0 Å². The summed E-state index contributed by atoms with van der Waals surface area (Å²) in [4.78, 5) is 14.7. The fraction of sp³-hybridized carbons (Fsp3) is 0.435. The number of carbonyl (C=O) groups is 1. The zero-order valence-corrected chi connectivity index (χ0v) is 16.5. The lowest BCUT2D eigenvalue weighted by molar-refractivity contribution is -0.184. The van der Waals surface area contributed by atoms with Gasteiger partial charge < -0.3 is 14.7 Å². The fourth-order valence-electron chi connectivity index (χ4n) is 4.09. The van der Waals surface area contributed by atoms with E-state index in [9.17, 15) is 23.1 Å². The summed E-state index contributed by atoms with van der Waals surface area (Å²) in [6, 6.07) is 12.4. The van der Waals surface area contributed by atoms with E-state index in [0.29, 0.717) is 36.6 Å². The van der Waals surface area contributed by atoms with Gasteiger partial charge in [0, 0.05) is 18.7 Å². The van der Waals surface area contributed by atoms with Crippen molar-refractivity contribution in [3.05, 3.63) is 70.8 Å². The van der Waals surface area contributed by atoms with E-state index in [0.717, 1.165) is 30.5 Å². The van der Waals surface area contributed by atoms with Crippen LogP contribution >= 0.6 is 0 Å². The van der Waals surface area contributed by atoms with Crippen molar-refractivity contribution in [2.75, 3.05) is 26.3 Å². The van der Waals surface area contributed by atoms with Gasteiger partial charge in [0.25, 0.3) is 5.91 Å². The Bertz CT molecular complexity index is 899. The second kappa shape index (κ2) is 8.04. The largest absolute Gasteiger partial charge is 0.416 e. The van der Waals surface area contributed by atoms with Crippen molar-refractivity contribution in [3.8, 4) is 0 Å². The molecule has 30 heavy (non-hydrogen) atoms. The Kier molecular flexibility index (Phi) is 5.59. The van der Waals surface area contributed by atoms with Crippen LogP contribution in [0, 0.1) is 5.92 Å². The van der Waals surface area contributed by atoms with E-state index in [-0.39, 0.29) is 19.1 Å². The summed E-state index contributed by atoms with van der Waals surface area (Å²) in [5.74, 6) is 0.277. The summed E-state index contributed by atoms with van der Waals surface area (Å²) in [6.45, 7) is 1.70. The molecule has 4 nitrogen and oxygen atoms in total. The highest BCUT2D eigenvalue weighted by Crippen LogP contribution is 2.31. The van der Waals surface area contributed by atoms with Gasteiger partial charge in [0.2, 0.25) is 0 Å². The molecular weight excluding hydrogens is 395 g/mol. The van der Waals surface area contributed by atoms with E-state index in [1.54, 1.807) is 36.4 Å². The number of aliphatic hydroxyl groups is 1. The molecule has 1 amide bonds. The number of hydrogen-bond donors (Lipinski definition) is 1. The molecule has 0 bridgehead atoms. The number of nitrogens with zero attached hydrogens (tertiary/aromatic N) is 1. The van der Waals surface area contributed by atoms with Crippen molar-refractivity contribution >= 4 is 5.91 Å². The average molecular weight is 419 g/mol. The van der Waals surface area contributed by atoms with Crippen molar-refractivity contribution in [1.29, 1.82) is 0 Å². The number of halogens is 3. The lowest BCUT2D eigenvalue weighted by atomic mass is 9.89. The van der Waals surface area contributed by atoms with E-state index in [4.69, 9.17) is 4.74 Å². The molecule has 2 heterocycles. The number of carbonyl (C=O) groups excluding carboxylic acids is 1. The molecule has 2 saturated heterocycles. The molecule has 2 aromatic carbocycles. The highest BCUT2D eigenvalue weighted by molar-refractivity contribution is 5.94. The number of benzene rings is 2. The first-order valence-electron chi connectivity index (χ1n) is 10.1. The van der Waals surface area contributed by atoms with E-state index in [1.165, 1.54) is 0 Å². The number of amides is 1. The molecule has 4 rings (SSSR count). The van der Waals surface area contributed by atoms with E-state index >= 15 is 0 Å². The summed E-state index contributed by atoms with van der Waals surface area (Å²) in [7, 11) is 0. The Morgan fingerprint density at radius 3 is 2.33 bits per heavy atom. The standard InChI is InChI=1S/C23H24F3NO3/c24-23(25,26)19-6-4-16(5-7-19)12-17-8-10-27(11-9-17)21(28)18-2-1-3-20(13-18)22(29)14-30-15-22/h1-7,13,17,29H,8-12,14-15H2. The Morgan fingerprint density at radius 1 is 1.10 bits per heavy atom. The van der Waals surface area contributed by atoms with Crippen LogP contribution in [-0.4, -0.2) is 42.2 Å². The molecular formula is C23H24F3NO3. The lowest BCUT2D eigenvalue weighted by Crippen LogP contribution is -2.46. The minimum Gasteiger partial charge on any atom is -0.380 e.